The van der Waals surface area contributed by atoms with E-state index in [0.29, 0.717) is 11.1 Å². The van der Waals surface area contributed by atoms with Gasteiger partial charge in [0.2, 0.25) is 0 Å². The largest absolute Gasteiger partial charge is 0.389 e. The molecular weight excluding hydrogens is 271 g/mol. The summed E-state index contributed by atoms with van der Waals surface area (Å²) in [4.78, 5) is 5.07. The molecule has 96 valence electrons. The van der Waals surface area contributed by atoms with Crippen molar-refractivity contribution in [2.75, 3.05) is 0 Å². The van der Waals surface area contributed by atoms with Crippen LogP contribution in [0.5, 0.6) is 0 Å². The van der Waals surface area contributed by atoms with Crippen LogP contribution in [0.4, 0.5) is 4.39 Å². The van der Waals surface area contributed by atoms with E-state index in [1.165, 1.54) is 29.4 Å². The van der Waals surface area contributed by atoms with Crippen LogP contribution in [0.15, 0.2) is 21.4 Å². The van der Waals surface area contributed by atoms with Crippen molar-refractivity contribution in [3.63, 3.8) is 0 Å². The van der Waals surface area contributed by atoms with Crippen molar-refractivity contribution >= 4 is 23.3 Å². The molecule has 6 heteroatoms. The molecule has 0 amide bonds. The first-order valence-electron chi connectivity index (χ1n) is 5.43. The Bertz CT molecular complexity index is 569. The minimum absolute atomic E-state index is 0.302. The monoisotopic (exact) mass is 284 g/mol. The average molecular weight is 284 g/mol. The summed E-state index contributed by atoms with van der Waals surface area (Å²) >= 11 is 2.71. The second-order valence-electron chi connectivity index (χ2n) is 4.02. The maximum absolute atomic E-state index is 13.5. The lowest BCUT2D eigenvalue weighted by Crippen LogP contribution is -1.97. The fourth-order valence-electron chi connectivity index (χ4n) is 1.50. The number of halogens is 1. The van der Waals surface area contributed by atoms with Crippen LogP contribution in [0.1, 0.15) is 30.0 Å². The molecule has 0 saturated heterocycles. The number of hydrogen-bond donors (Lipinski definition) is 1. The molecule has 0 radical (unpaired) electrons. The Balaban J connectivity index is 2.39. The summed E-state index contributed by atoms with van der Waals surface area (Å²) in [5, 5.41) is 9.69. The van der Waals surface area contributed by atoms with E-state index in [1.807, 2.05) is 6.92 Å². The highest BCUT2D eigenvalue weighted by Crippen LogP contribution is 2.35. The zero-order valence-corrected chi connectivity index (χ0v) is 11.9. The number of benzene rings is 1. The van der Waals surface area contributed by atoms with Crippen LogP contribution in [0.25, 0.3) is 0 Å². The van der Waals surface area contributed by atoms with Crippen molar-refractivity contribution < 1.29 is 9.50 Å². The molecule has 0 aliphatic rings. The number of aliphatic hydroxyl groups is 1. The smallest absolute Gasteiger partial charge is 0.174 e. The first-order valence-corrected chi connectivity index (χ1v) is 7.02. The van der Waals surface area contributed by atoms with Crippen LogP contribution < -0.4 is 0 Å². The first kappa shape index (κ1) is 13.5. The quantitative estimate of drug-likeness (QED) is 0.937. The molecule has 1 unspecified atom stereocenters. The Kier molecular flexibility index (Phi) is 3.99. The van der Waals surface area contributed by atoms with E-state index in [-0.39, 0.29) is 5.82 Å². The SMILES string of the molecule is Cc1nsc(Sc2cc(C)c(F)cc2C(C)O)n1. The maximum atomic E-state index is 13.5. The molecule has 3 nitrogen and oxygen atoms in total. The predicted molar refractivity (Wildman–Crippen MR) is 70.5 cm³/mol. The molecule has 2 aromatic rings. The summed E-state index contributed by atoms with van der Waals surface area (Å²) in [6.45, 7) is 5.15. The van der Waals surface area contributed by atoms with Crippen molar-refractivity contribution in [1.82, 2.24) is 9.36 Å². The Hall–Kier alpha value is -0.980. The van der Waals surface area contributed by atoms with Gasteiger partial charge in [0.25, 0.3) is 0 Å². The summed E-state index contributed by atoms with van der Waals surface area (Å²) in [7, 11) is 0. The number of rotatable bonds is 3. The second-order valence-corrected chi connectivity index (χ2v) is 6.07. The van der Waals surface area contributed by atoms with Crippen LogP contribution in [0, 0.1) is 19.7 Å². The molecule has 1 aromatic heterocycles. The van der Waals surface area contributed by atoms with Gasteiger partial charge >= 0.3 is 0 Å². The van der Waals surface area contributed by atoms with E-state index in [1.54, 1.807) is 19.9 Å². The lowest BCUT2D eigenvalue weighted by Gasteiger charge is -2.12. The topological polar surface area (TPSA) is 46.0 Å². The number of aromatic nitrogens is 2. The average Bonchev–Trinajstić information content (AvgIpc) is 2.68. The molecule has 0 saturated carbocycles. The van der Waals surface area contributed by atoms with Gasteiger partial charge in [-0.2, -0.15) is 4.37 Å². The molecule has 1 aromatic carbocycles. The van der Waals surface area contributed by atoms with Gasteiger partial charge in [0.05, 0.1) is 6.10 Å². The van der Waals surface area contributed by atoms with Crippen molar-refractivity contribution in [2.45, 2.75) is 36.1 Å². The van der Waals surface area contributed by atoms with Gasteiger partial charge in [-0.25, -0.2) is 9.37 Å². The van der Waals surface area contributed by atoms with Crippen LogP contribution >= 0.6 is 23.3 Å². The van der Waals surface area contributed by atoms with Crippen LogP contribution in [0.2, 0.25) is 0 Å². The summed E-state index contributed by atoms with van der Waals surface area (Å²) < 4.78 is 18.4. The fraction of sp³-hybridized carbons (Fsp3) is 0.333. The zero-order valence-electron chi connectivity index (χ0n) is 10.3. The van der Waals surface area contributed by atoms with Gasteiger partial charge in [-0.1, -0.05) is 11.8 Å². The van der Waals surface area contributed by atoms with E-state index in [4.69, 9.17) is 0 Å². The first-order chi connectivity index (χ1) is 8.47. The minimum atomic E-state index is -0.711. The predicted octanol–water partition coefficient (Wildman–Crippen LogP) is 3.50. The van der Waals surface area contributed by atoms with Crippen LogP contribution in [-0.2, 0) is 0 Å². The van der Waals surface area contributed by atoms with Gasteiger partial charge in [-0.05, 0) is 55.6 Å². The van der Waals surface area contributed by atoms with E-state index in [0.717, 1.165) is 15.1 Å². The number of aryl methyl sites for hydroxylation is 2. The minimum Gasteiger partial charge on any atom is -0.389 e. The van der Waals surface area contributed by atoms with Gasteiger partial charge in [0.1, 0.15) is 11.6 Å². The lowest BCUT2D eigenvalue weighted by atomic mass is 10.1. The van der Waals surface area contributed by atoms with Crippen molar-refractivity contribution in [3.8, 4) is 0 Å². The molecule has 1 atom stereocenters. The third-order valence-electron chi connectivity index (χ3n) is 2.45. The molecule has 0 bridgehead atoms. The third-order valence-corrected chi connectivity index (χ3v) is 4.36. The summed E-state index contributed by atoms with van der Waals surface area (Å²) in [6, 6.07) is 3.12. The Morgan fingerprint density at radius 2 is 2.11 bits per heavy atom. The van der Waals surface area contributed by atoms with Gasteiger partial charge in [-0.15, -0.1) is 0 Å². The molecular formula is C12H13FN2OS2. The Labute approximate surface area is 113 Å². The molecule has 0 fully saturated rings. The highest BCUT2D eigenvalue weighted by molar-refractivity contribution is 8.01. The van der Waals surface area contributed by atoms with E-state index < -0.39 is 6.10 Å². The van der Waals surface area contributed by atoms with E-state index in [2.05, 4.69) is 9.36 Å². The number of aliphatic hydroxyl groups excluding tert-OH is 1. The van der Waals surface area contributed by atoms with Crippen molar-refractivity contribution in [2.24, 2.45) is 0 Å². The lowest BCUT2D eigenvalue weighted by molar-refractivity contribution is 0.196. The molecule has 0 spiro atoms. The molecule has 0 aliphatic heterocycles. The van der Waals surface area contributed by atoms with Crippen molar-refractivity contribution in [1.29, 1.82) is 0 Å². The fourth-order valence-corrected chi connectivity index (χ4v) is 3.40. The summed E-state index contributed by atoms with van der Waals surface area (Å²) in [6.07, 6.45) is -0.711. The molecule has 1 N–H and O–H groups in total. The third kappa shape index (κ3) is 2.88. The molecule has 1 heterocycles. The van der Waals surface area contributed by atoms with Gasteiger partial charge < -0.3 is 5.11 Å². The van der Waals surface area contributed by atoms with Gasteiger partial charge in [0, 0.05) is 4.90 Å². The molecule has 18 heavy (non-hydrogen) atoms. The number of nitrogens with zero attached hydrogens (tertiary/aromatic N) is 2. The van der Waals surface area contributed by atoms with Gasteiger partial charge in [0.15, 0.2) is 4.34 Å². The van der Waals surface area contributed by atoms with Gasteiger partial charge in [-0.3, -0.25) is 0 Å². The summed E-state index contributed by atoms with van der Waals surface area (Å²) in [5.74, 6) is 0.420. The van der Waals surface area contributed by atoms with Crippen molar-refractivity contribution in [3.05, 3.63) is 34.9 Å². The standard InChI is InChI=1S/C12H13FN2OS2/c1-6-4-11(9(7(2)16)5-10(6)13)17-12-14-8(3)15-18-12/h4-5,7,16H,1-3H3. The zero-order chi connectivity index (χ0) is 13.3. The van der Waals surface area contributed by atoms with E-state index in [9.17, 15) is 9.50 Å². The Morgan fingerprint density at radius 1 is 1.39 bits per heavy atom. The molecule has 2 rings (SSSR count). The number of hydrogen-bond acceptors (Lipinski definition) is 5. The Morgan fingerprint density at radius 3 is 2.67 bits per heavy atom. The summed E-state index contributed by atoms with van der Waals surface area (Å²) in [5.41, 5.74) is 1.14. The van der Waals surface area contributed by atoms with Crippen LogP contribution in [-0.4, -0.2) is 14.5 Å². The highest BCUT2D eigenvalue weighted by Gasteiger charge is 2.14. The highest BCUT2D eigenvalue weighted by atomic mass is 32.2. The second kappa shape index (κ2) is 5.34. The maximum Gasteiger partial charge on any atom is 0.174 e. The molecule has 0 aliphatic carbocycles. The van der Waals surface area contributed by atoms with E-state index >= 15 is 0 Å². The normalized spacial score (nSPS) is 12.7. The van der Waals surface area contributed by atoms with Crippen LogP contribution in [0.3, 0.4) is 0 Å².